The first-order chi connectivity index (χ1) is 20.9. The number of hydrogen-bond acceptors (Lipinski definition) is 6. The third kappa shape index (κ3) is 9.77. The number of para-hydroxylation sites is 1. The van der Waals surface area contributed by atoms with Crippen molar-refractivity contribution in [3.63, 3.8) is 0 Å². The van der Waals surface area contributed by atoms with Crippen molar-refractivity contribution >= 4 is 17.8 Å². The average molecular weight is 590 g/mol. The Hall–Kier alpha value is -4.53. The second kappa shape index (κ2) is 16.2. The Balaban J connectivity index is 1.22. The maximum absolute atomic E-state index is 13.2. The summed E-state index contributed by atoms with van der Waals surface area (Å²) in [7, 11) is 0. The summed E-state index contributed by atoms with van der Waals surface area (Å²) in [5.41, 5.74) is 1.16. The molecule has 0 aliphatic heterocycles. The number of unbranched alkanes of at least 4 members (excludes halogenated alkanes) is 1. The molecule has 228 valence electrons. The molecule has 0 aromatic heterocycles. The Bertz CT molecular complexity index is 1340. The van der Waals surface area contributed by atoms with Crippen molar-refractivity contribution in [1.82, 2.24) is 5.32 Å². The van der Waals surface area contributed by atoms with Crippen LogP contribution in [0.1, 0.15) is 71.2 Å². The van der Waals surface area contributed by atoms with Gasteiger partial charge in [-0.15, -0.1) is 0 Å². The van der Waals surface area contributed by atoms with Gasteiger partial charge in [-0.3, -0.25) is 9.59 Å². The Morgan fingerprint density at radius 1 is 0.744 bits per heavy atom. The fourth-order valence-corrected chi connectivity index (χ4v) is 5.12. The zero-order valence-corrected chi connectivity index (χ0v) is 24.2. The van der Waals surface area contributed by atoms with E-state index in [-0.39, 0.29) is 16.9 Å². The predicted molar refractivity (Wildman–Crippen MR) is 161 cm³/mol. The quantitative estimate of drug-likeness (QED) is 0.173. The zero-order valence-electron chi connectivity index (χ0n) is 24.2. The summed E-state index contributed by atoms with van der Waals surface area (Å²) >= 11 is 0. The van der Waals surface area contributed by atoms with E-state index in [0.29, 0.717) is 39.1 Å². The fraction of sp³-hybridized carbons (Fsp3) is 0.382. The van der Waals surface area contributed by atoms with E-state index in [2.05, 4.69) is 5.32 Å². The van der Waals surface area contributed by atoms with Crippen LogP contribution in [0, 0.1) is 5.92 Å². The third-order valence-corrected chi connectivity index (χ3v) is 7.48. The van der Waals surface area contributed by atoms with Gasteiger partial charge in [-0.1, -0.05) is 43.2 Å². The summed E-state index contributed by atoms with van der Waals surface area (Å²) < 4.78 is 17.4. The maximum atomic E-state index is 13.2. The first-order valence-corrected chi connectivity index (χ1v) is 14.8. The van der Waals surface area contributed by atoms with Gasteiger partial charge in [0.15, 0.2) is 0 Å². The van der Waals surface area contributed by atoms with E-state index in [1.165, 1.54) is 18.2 Å². The van der Waals surface area contributed by atoms with Crippen LogP contribution in [0.2, 0.25) is 0 Å². The van der Waals surface area contributed by atoms with E-state index >= 15 is 0 Å². The van der Waals surface area contributed by atoms with Crippen LogP contribution in [0.3, 0.4) is 0 Å². The lowest BCUT2D eigenvalue weighted by Gasteiger charge is -2.29. The third-order valence-electron chi connectivity index (χ3n) is 7.48. The van der Waals surface area contributed by atoms with Gasteiger partial charge in [0.2, 0.25) is 0 Å². The molecule has 4 rings (SSSR count). The molecule has 1 aliphatic carbocycles. The van der Waals surface area contributed by atoms with Crippen molar-refractivity contribution in [3.8, 4) is 17.2 Å². The average Bonchev–Trinajstić information content (AvgIpc) is 3.02. The molecule has 0 saturated heterocycles. The number of benzene rings is 3. The van der Waals surface area contributed by atoms with Crippen molar-refractivity contribution < 1.29 is 38.8 Å². The number of carboxylic acid groups (broad SMARTS) is 2. The molecule has 1 saturated carbocycles. The molecule has 9 heteroatoms. The number of hydrogen-bond donors (Lipinski definition) is 3. The van der Waals surface area contributed by atoms with Crippen LogP contribution in [0.5, 0.6) is 17.2 Å². The van der Waals surface area contributed by atoms with Gasteiger partial charge >= 0.3 is 11.9 Å². The van der Waals surface area contributed by atoms with Gasteiger partial charge in [0.25, 0.3) is 5.91 Å². The highest BCUT2D eigenvalue weighted by Gasteiger charge is 2.32. The molecule has 3 N–H and O–H groups in total. The molecule has 1 aliphatic rings. The van der Waals surface area contributed by atoms with Crippen LogP contribution in [-0.2, 0) is 11.2 Å². The van der Waals surface area contributed by atoms with Gasteiger partial charge in [-0.25, -0.2) is 4.79 Å². The number of aryl methyl sites for hydroxylation is 1. The molecule has 9 nitrogen and oxygen atoms in total. The van der Waals surface area contributed by atoms with E-state index in [9.17, 15) is 24.6 Å². The first kappa shape index (κ1) is 31.4. The number of carbonyl (C=O) groups is 3. The second-order valence-corrected chi connectivity index (χ2v) is 10.6. The second-order valence-electron chi connectivity index (χ2n) is 10.6. The number of rotatable bonds is 16. The molecule has 3 aromatic carbocycles. The van der Waals surface area contributed by atoms with Crippen molar-refractivity contribution in [2.24, 2.45) is 5.92 Å². The number of nitrogens with one attached hydrogen (secondary N) is 1. The molecular weight excluding hydrogens is 550 g/mol. The number of aromatic carboxylic acids is 1. The minimum absolute atomic E-state index is 0.0428. The van der Waals surface area contributed by atoms with Crippen LogP contribution in [0.4, 0.5) is 0 Å². The minimum atomic E-state index is -1.16. The molecule has 3 aromatic rings. The molecule has 0 radical (unpaired) electrons. The van der Waals surface area contributed by atoms with Gasteiger partial charge in [-0.2, -0.15) is 0 Å². The van der Waals surface area contributed by atoms with Gasteiger partial charge in [-0.05, 0) is 86.6 Å². The molecule has 0 heterocycles. The monoisotopic (exact) mass is 589 g/mol. The smallest absolute Gasteiger partial charge is 0.335 e. The summed E-state index contributed by atoms with van der Waals surface area (Å²) in [6, 6.07) is 21.3. The topological polar surface area (TPSA) is 131 Å². The summed E-state index contributed by atoms with van der Waals surface area (Å²) in [6.07, 6.45) is 5.89. The predicted octanol–water partition coefficient (Wildman–Crippen LogP) is 6.01. The van der Waals surface area contributed by atoms with Gasteiger partial charge in [0, 0.05) is 6.04 Å². The molecule has 1 amide bonds. The van der Waals surface area contributed by atoms with E-state index in [1.54, 1.807) is 0 Å². The summed E-state index contributed by atoms with van der Waals surface area (Å²) in [4.78, 5) is 36.4. The highest BCUT2D eigenvalue weighted by atomic mass is 16.5. The Morgan fingerprint density at radius 2 is 1.40 bits per heavy atom. The van der Waals surface area contributed by atoms with Crippen molar-refractivity contribution in [2.45, 2.75) is 57.4 Å². The van der Waals surface area contributed by atoms with Crippen molar-refractivity contribution in [3.05, 3.63) is 89.5 Å². The molecule has 0 spiro atoms. The largest absolute Gasteiger partial charge is 0.494 e. The maximum Gasteiger partial charge on any atom is 0.335 e. The lowest BCUT2D eigenvalue weighted by molar-refractivity contribution is -0.143. The zero-order chi connectivity index (χ0) is 30.4. The first-order valence-electron chi connectivity index (χ1n) is 14.8. The normalized spacial score (nSPS) is 16.2. The van der Waals surface area contributed by atoms with Gasteiger partial charge < -0.3 is 29.7 Å². The standard InChI is InChI=1S/C34H39NO8/c36-32(35-30-13-5-4-12-28(30)34(39)40)29-23-25(33(37)38)16-19-31(29)43-22-8-9-24-14-17-27(18-15-24)42-21-7-6-20-41-26-10-2-1-3-11-26/h1-3,10-11,14-19,23,28,30H,4-9,12-13,20-22H2,(H,35,36)(H,37,38)(H,39,40). The Labute approximate surface area is 251 Å². The van der Waals surface area contributed by atoms with Crippen LogP contribution < -0.4 is 19.5 Å². The van der Waals surface area contributed by atoms with Crippen molar-refractivity contribution in [1.29, 1.82) is 0 Å². The Morgan fingerprint density at radius 3 is 2.07 bits per heavy atom. The van der Waals surface area contributed by atoms with E-state index in [4.69, 9.17) is 14.2 Å². The number of aliphatic carboxylic acids is 1. The van der Waals surface area contributed by atoms with Crippen LogP contribution in [0.25, 0.3) is 0 Å². The summed E-state index contributed by atoms with van der Waals surface area (Å²) in [5, 5.41) is 21.8. The van der Waals surface area contributed by atoms with Gasteiger partial charge in [0.05, 0.1) is 36.9 Å². The molecular formula is C34H39NO8. The van der Waals surface area contributed by atoms with Crippen LogP contribution >= 0.6 is 0 Å². The van der Waals surface area contributed by atoms with Crippen LogP contribution in [-0.4, -0.2) is 53.9 Å². The number of carboxylic acids is 2. The Kier molecular flexibility index (Phi) is 11.8. The molecule has 2 unspecified atom stereocenters. The highest BCUT2D eigenvalue weighted by molar-refractivity contribution is 6.00. The lowest BCUT2D eigenvalue weighted by atomic mass is 9.84. The number of carbonyl (C=O) groups excluding carboxylic acids is 1. The fourth-order valence-electron chi connectivity index (χ4n) is 5.12. The number of amides is 1. The van der Waals surface area contributed by atoms with E-state index in [0.717, 1.165) is 49.2 Å². The lowest BCUT2D eigenvalue weighted by Crippen LogP contribution is -2.45. The molecule has 2 atom stereocenters. The van der Waals surface area contributed by atoms with E-state index < -0.39 is 29.8 Å². The summed E-state index contributed by atoms with van der Waals surface area (Å²) in [5.74, 6) is -1.35. The molecule has 0 bridgehead atoms. The van der Waals surface area contributed by atoms with Crippen molar-refractivity contribution in [2.75, 3.05) is 19.8 Å². The highest BCUT2D eigenvalue weighted by Crippen LogP contribution is 2.27. The van der Waals surface area contributed by atoms with E-state index in [1.807, 2.05) is 54.6 Å². The summed E-state index contributed by atoms with van der Waals surface area (Å²) in [6.45, 7) is 1.58. The SMILES string of the molecule is O=C(O)c1ccc(OCCCc2ccc(OCCCCOc3ccccc3)cc2)c(C(=O)NC2CCCCC2C(=O)O)c1. The van der Waals surface area contributed by atoms with Gasteiger partial charge in [0.1, 0.15) is 17.2 Å². The molecule has 43 heavy (non-hydrogen) atoms. The van der Waals surface area contributed by atoms with Crippen LogP contribution in [0.15, 0.2) is 72.8 Å². The minimum Gasteiger partial charge on any atom is -0.494 e. The number of ether oxygens (including phenoxy) is 3. The molecule has 1 fully saturated rings.